The number of benzene rings is 2. The Morgan fingerprint density at radius 1 is 1.00 bits per heavy atom. The second kappa shape index (κ2) is 8.14. The highest BCUT2D eigenvalue weighted by atomic mass is 35.5. The fourth-order valence-electron chi connectivity index (χ4n) is 1.69. The number of anilines is 1. The zero-order valence-corrected chi connectivity index (χ0v) is 12.9. The molecule has 0 atom stereocenters. The minimum absolute atomic E-state index is 0.0629. The molecule has 2 N–H and O–H groups in total. The third kappa shape index (κ3) is 5.18. The topological polar surface area (TPSA) is 59.6 Å². The predicted octanol–water partition coefficient (Wildman–Crippen LogP) is 3.90. The van der Waals surface area contributed by atoms with Crippen molar-refractivity contribution in [2.45, 2.75) is 6.92 Å². The van der Waals surface area contributed by atoms with Crippen LogP contribution >= 0.6 is 11.6 Å². The van der Waals surface area contributed by atoms with Crippen molar-refractivity contribution in [3.05, 3.63) is 53.6 Å². The first-order valence-corrected chi connectivity index (χ1v) is 7.21. The number of carbonyl (C=O) groups is 1. The minimum Gasteiger partial charge on any atom is -0.494 e. The van der Waals surface area contributed by atoms with Gasteiger partial charge in [-0.25, -0.2) is 4.79 Å². The first kappa shape index (κ1) is 16.0. The highest BCUT2D eigenvalue weighted by Crippen LogP contribution is 2.17. The van der Waals surface area contributed by atoms with E-state index in [9.17, 15) is 4.79 Å². The maximum atomic E-state index is 11.7. The van der Waals surface area contributed by atoms with Crippen LogP contribution < -0.4 is 20.1 Å². The number of ether oxygens (including phenoxy) is 2. The van der Waals surface area contributed by atoms with Crippen molar-refractivity contribution in [3.8, 4) is 11.5 Å². The third-order valence-corrected chi connectivity index (χ3v) is 2.96. The van der Waals surface area contributed by atoms with Crippen LogP contribution in [0.3, 0.4) is 0 Å². The molecule has 5 nitrogen and oxygen atoms in total. The maximum absolute atomic E-state index is 11.7. The molecule has 0 aliphatic rings. The van der Waals surface area contributed by atoms with Gasteiger partial charge >= 0.3 is 6.03 Å². The summed E-state index contributed by atoms with van der Waals surface area (Å²) in [6, 6.07) is 13.7. The quantitative estimate of drug-likeness (QED) is 0.794. The molecule has 116 valence electrons. The van der Waals surface area contributed by atoms with Gasteiger partial charge < -0.3 is 20.1 Å². The fraction of sp³-hybridized carbons (Fsp3) is 0.188. The number of hydrogen-bond donors (Lipinski definition) is 2. The summed E-state index contributed by atoms with van der Waals surface area (Å²) < 4.78 is 10.8. The minimum atomic E-state index is -0.353. The Bertz CT molecular complexity index is 600. The molecule has 0 saturated heterocycles. The molecule has 0 heterocycles. The van der Waals surface area contributed by atoms with Crippen molar-refractivity contribution in [2.24, 2.45) is 0 Å². The summed E-state index contributed by atoms with van der Waals surface area (Å²) in [6.07, 6.45) is 0. The summed E-state index contributed by atoms with van der Waals surface area (Å²) in [5.74, 6) is 1.43. The third-order valence-electron chi connectivity index (χ3n) is 2.71. The van der Waals surface area contributed by atoms with E-state index in [0.29, 0.717) is 23.1 Å². The first-order chi connectivity index (χ1) is 10.7. The fourth-order valence-corrected chi connectivity index (χ4v) is 1.82. The zero-order valence-electron chi connectivity index (χ0n) is 12.1. The molecule has 22 heavy (non-hydrogen) atoms. The molecule has 2 aromatic rings. The van der Waals surface area contributed by atoms with E-state index in [2.05, 4.69) is 10.6 Å². The Labute approximate surface area is 134 Å². The van der Waals surface area contributed by atoms with Gasteiger partial charge in [-0.2, -0.15) is 0 Å². The molecule has 2 amide bonds. The summed E-state index contributed by atoms with van der Waals surface area (Å²) in [7, 11) is 0. The molecule has 2 aromatic carbocycles. The molecule has 0 aliphatic heterocycles. The smallest absolute Gasteiger partial charge is 0.321 e. The lowest BCUT2D eigenvalue weighted by atomic mass is 10.3. The van der Waals surface area contributed by atoms with Crippen LogP contribution in [0.1, 0.15) is 6.92 Å². The molecule has 0 fully saturated rings. The number of carbonyl (C=O) groups excluding carboxylic acids is 1. The summed E-state index contributed by atoms with van der Waals surface area (Å²) in [5.41, 5.74) is 0.656. The van der Waals surface area contributed by atoms with Gasteiger partial charge in [0, 0.05) is 10.7 Å². The lowest BCUT2D eigenvalue weighted by Gasteiger charge is -2.10. The van der Waals surface area contributed by atoms with Gasteiger partial charge in [-0.05, 0) is 55.5 Å². The molecule has 0 aromatic heterocycles. The normalized spacial score (nSPS) is 9.91. The van der Waals surface area contributed by atoms with Crippen LogP contribution in [0, 0.1) is 0 Å². The Hall–Kier alpha value is -2.40. The summed E-state index contributed by atoms with van der Waals surface area (Å²) in [4.78, 5) is 11.7. The van der Waals surface area contributed by atoms with E-state index in [0.717, 1.165) is 5.75 Å². The van der Waals surface area contributed by atoms with Gasteiger partial charge in [-0.1, -0.05) is 11.6 Å². The largest absolute Gasteiger partial charge is 0.494 e. The molecule has 2 rings (SSSR count). The van der Waals surface area contributed by atoms with Gasteiger partial charge in [-0.15, -0.1) is 0 Å². The van der Waals surface area contributed by atoms with Crippen LogP contribution in [0.15, 0.2) is 48.5 Å². The molecular weight excluding hydrogens is 304 g/mol. The molecule has 0 spiro atoms. The van der Waals surface area contributed by atoms with E-state index in [1.54, 1.807) is 36.4 Å². The van der Waals surface area contributed by atoms with Gasteiger partial charge in [0.2, 0.25) is 0 Å². The average molecular weight is 321 g/mol. The molecule has 0 radical (unpaired) electrons. The van der Waals surface area contributed by atoms with Crippen molar-refractivity contribution in [1.82, 2.24) is 5.32 Å². The average Bonchev–Trinajstić information content (AvgIpc) is 2.52. The van der Waals surface area contributed by atoms with Crippen LogP contribution in [0.25, 0.3) is 0 Å². The van der Waals surface area contributed by atoms with Gasteiger partial charge in [0.05, 0.1) is 6.61 Å². The van der Waals surface area contributed by atoms with Crippen LogP contribution in [-0.2, 0) is 0 Å². The number of nitrogens with one attached hydrogen (secondary N) is 2. The molecule has 0 aliphatic carbocycles. The van der Waals surface area contributed by atoms with E-state index in [1.165, 1.54) is 0 Å². The van der Waals surface area contributed by atoms with Gasteiger partial charge in [0.25, 0.3) is 0 Å². The molecule has 6 heteroatoms. The number of hydrogen-bond acceptors (Lipinski definition) is 3. The van der Waals surface area contributed by atoms with Crippen LogP contribution in [0.2, 0.25) is 5.02 Å². The van der Waals surface area contributed by atoms with Crippen molar-refractivity contribution in [1.29, 1.82) is 0 Å². The Balaban J connectivity index is 1.73. The number of rotatable bonds is 6. The summed E-state index contributed by atoms with van der Waals surface area (Å²) in [6.45, 7) is 2.60. The van der Waals surface area contributed by atoms with Crippen molar-refractivity contribution < 1.29 is 14.3 Å². The van der Waals surface area contributed by atoms with E-state index in [1.807, 2.05) is 19.1 Å². The highest BCUT2D eigenvalue weighted by molar-refractivity contribution is 6.30. The second-order valence-corrected chi connectivity index (χ2v) is 4.77. The van der Waals surface area contributed by atoms with E-state index < -0.39 is 0 Å². The Morgan fingerprint density at radius 3 is 2.18 bits per heavy atom. The van der Waals surface area contributed by atoms with Crippen molar-refractivity contribution >= 4 is 23.3 Å². The molecule has 0 saturated carbocycles. The summed E-state index contributed by atoms with van der Waals surface area (Å²) in [5, 5.41) is 5.89. The maximum Gasteiger partial charge on any atom is 0.321 e. The molecule has 0 bridgehead atoms. The predicted molar refractivity (Wildman–Crippen MR) is 86.7 cm³/mol. The number of halogens is 1. The number of urea groups is 1. The van der Waals surface area contributed by atoms with Crippen LogP contribution in [0.5, 0.6) is 11.5 Å². The second-order valence-electron chi connectivity index (χ2n) is 4.33. The van der Waals surface area contributed by atoms with E-state index >= 15 is 0 Å². The monoisotopic (exact) mass is 320 g/mol. The number of amides is 2. The Kier molecular flexibility index (Phi) is 5.91. The van der Waals surface area contributed by atoms with E-state index in [-0.39, 0.29) is 12.8 Å². The van der Waals surface area contributed by atoms with Gasteiger partial charge in [0.1, 0.15) is 11.5 Å². The van der Waals surface area contributed by atoms with Gasteiger partial charge in [0.15, 0.2) is 6.73 Å². The van der Waals surface area contributed by atoms with Crippen molar-refractivity contribution in [3.63, 3.8) is 0 Å². The molecular formula is C16H17ClN2O3. The van der Waals surface area contributed by atoms with Crippen LogP contribution in [-0.4, -0.2) is 19.4 Å². The van der Waals surface area contributed by atoms with E-state index in [4.69, 9.17) is 21.1 Å². The van der Waals surface area contributed by atoms with Crippen molar-refractivity contribution in [2.75, 3.05) is 18.7 Å². The first-order valence-electron chi connectivity index (χ1n) is 6.83. The summed E-state index contributed by atoms with van der Waals surface area (Å²) >= 11 is 5.77. The zero-order chi connectivity index (χ0) is 15.8. The standard InChI is InChI=1S/C16H17ClN2O3/c1-2-21-14-7-9-15(10-8-14)22-11-18-16(20)19-13-5-3-12(17)4-6-13/h3-10H,2,11H2,1H3,(H2,18,19,20). The Morgan fingerprint density at radius 2 is 1.59 bits per heavy atom. The lowest BCUT2D eigenvalue weighted by molar-refractivity contribution is 0.234. The molecule has 0 unspecified atom stereocenters. The van der Waals surface area contributed by atoms with Gasteiger partial charge in [-0.3, -0.25) is 0 Å². The lowest BCUT2D eigenvalue weighted by Crippen LogP contribution is -2.31. The highest BCUT2D eigenvalue weighted by Gasteiger charge is 2.01. The van der Waals surface area contributed by atoms with Crippen LogP contribution in [0.4, 0.5) is 10.5 Å². The SMILES string of the molecule is CCOc1ccc(OCNC(=O)Nc2ccc(Cl)cc2)cc1.